The van der Waals surface area contributed by atoms with Crippen molar-refractivity contribution in [2.75, 3.05) is 26.2 Å². The maximum absolute atomic E-state index is 13.1. The highest BCUT2D eigenvalue weighted by atomic mass is 16.2. The molecule has 0 aliphatic carbocycles. The van der Waals surface area contributed by atoms with E-state index in [0.29, 0.717) is 0 Å². The van der Waals surface area contributed by atoms with Crippen LogP contribution in [0, 0.1) is 5.92 Å². The van der Waals surface area contributed by atoms with E-state index in [9.17, 15) is 9.59 Å². The normalized spacial score (nSPS) is 26.0. The Balaban J connectivity index is 1.78. The maximum Gasteiger partial charge on any atom is 0.285 e. The van der Waals surface area contributed by atoms with Crippen molar-refractivity contribution in [2.45, 2.75) is 31.7 Å². The number of hydrogen-bond donors (Lipinski definition) is 2. The summed E-state index contributed by atoms with van der Waals surface area (Å²) in [6.45, 7) is 3.40. The van der Waals surface area contributed by atoms with E-state index in [1.807, 2.05) is 35.2 Å². The van der Waals surface area contributed by atoms with Gasteiger partial charge in [0.25, 0.3) is 5.91 Å². The van der Waals surface area contributed by atoms with Crippen molar-refractivity contribution in [3.05, 3.63) is 35.9 Å². The standard InChI is InChI=1S/C18H25N3O2/c19-17(22)15-8-12-20(13-9-15)16(14-6-2-1-3-7-14)18(23)21-10-4-5-11-21/h1-3,6-7,15-16H,4-5,8-13H2,(H2,19,22)/p+1/t16-/m0/s1. The molecule has 2 heterocycles. The van der Waals surface area contributed by atoms with E-state index in [-0.39, 0.29) is 23.8 Å². The first-order chi connectivity index (χ1) is 11.2. The van der Waals surface area contributed by atoms with Crippen LogP contribution < -0.4 is 10.6 Å². The Bertz CT molecular complexity index is 547. The van der Waals surface area contributed by atoms with Crippen LogP contribution in [0.15, 0.2) is 30.3 Å². The van der Waals surface area contributed by atoms with Crippen molar-refractivity contribution in [1.82, 2.24) is 4.90 Å². The maximum atomic E-state index is 13.1. The van der Waals surface area contributed by atoms with Gasteiger partial charge in [-0.25, -0.2) is 0 Å². The number of quaternary nitrogens is 1. The number of hydrogen-bond acceptors (Lipinski definition) is 2. The van der Waals surface area contributed by atoms with E-state index in [2.05, 4.69) is 0 Å². The Labute approximate surface area is 137 Å². The molecule has 2 fully saturated rings. The Morgan fingerprint density at radius 2 is 1.70 bits per heavy atom. The van der Waals surface area contributed by atoms with Crippen LogP contribution in [0.2, 0.25) is 0 Å². The summed E-state index contributed by atoms with van der Waals surface area (Å²) in [7, 11) is 0. The number of nitrogens with one attached hydrogen (secondary N) is 1. The summed E-state index contributed by atoms with van der Waals surface area (Å²) < 4.78 is 0. The Morgan fingerprint density at radius 1 is 1.09 bits per heavy atom. The monoisotopic (exact) mass is 316 g/mol. The van der Waals surface area contributed by atoms with Gasteiger partial charge in [-0.2, -0.15) is 0 Å². The van der Waals surface area contributed by atoms with Crippen LogP contribution in [-0.2, 0) is 9.59 Å². The lowest BCUT2D eigenvalue weighted by Gasteiger charge is -2.35. The highest BCUT2D eigenvalue weighted by Gasteiger charge is 2.38. The van der Waals surface area contributed by atoms with Gasteiger partial charge >= 0.3 is 0 Å². The zero-order valence-electron chi connectivity index (χ0n) is 13.5. The number of nitrogens with two attached hydrogens (primary N) is 1. The lowest BCUT2D eigenvalue weighted by Crippen LogP contribution is -3.14. The number of piperidine rings is 1. The van der Waals surface area contributed by atoms with Gasteiger partial charge in [0.15, 0.2) is 6.04 Å². The molecule has 23 heavy (non-hydrogen) atoms. The zero-order chi connectivity index (χ0) is 16.2. The summed E-state index contributed by atoms with van der Waals surface area (Å²) >= 11 is 0. The first kappa shape index (κ1) is 16.0. The molecule has 5 heteroatoms. The highest BCUT2D eigenvalue weighted by Crippen LogP contribution is 2.19. The van der Waals surface area contributed by atoms with Gasteiger partial charge in [0.05, 0.1) is 13.1 Å². The molecular formula is C18H26N3O2+. The van der Waals surface area contributed by atoms with E-state index in [1.54, 1.807) is 0 Å². The fourth-order valence-electron chi connectivity index (χ4n) is 3.88. The summed E-state index contributed by atoms with van der Waals surface area (Å²) in [5.74, 6) is 0.00414. The Hall–Kier alpha value is -1.88. The van der Waals surface area contributed by atoms with Gasteiger partial charge in [-0.3, -0.25) is 9.59 Å². The summed E-state index contributed by atoms with van der Waals surface area (Å²) in [5.41, 5.74) is 6.52. The minimum Gasteiger partial charge on any atom is -0.369 e. The van der Waals surface area contributed by atoms with Crippen molar-refractivity contribution >= 4 is 11.8 Å². The van der Waals surface area contributed by atoms with Gasteiger partial charge in [0.1, 0.15) is 0 Å². The number of amides is 2. The summed E-state index contributed by atoms with van der Waals surface area (Å²) in [5, 5.41) is 0. The molecular weight excluding hydrogens is 290 g/mol. The van der Waals surface area contributed by atoms with Crippen molar-refractivity contribution in [3.63, 3.8) is 0 Å². The molecule has 0 aromatic heterocycles. The first-order valence-corrected chi connectivity index (χ1v) is 8.64. The van der Waals surface area contributed by atoms with Crippen LogP contribution in [-0.4, -0.2) is 42.9 Å². The third-order valence-corrected chi connectivity index (χ3v) is 5.24. The number of rotatable bonds is 4. The van der Waals surface area contributed by atoms with Crippen molar-refractivity contribution in [3.8, 4) is 0 Å². The smallest absolute Gasteiger partial charge is 0.285 e. The fraction of sp³-hybridized carbons (Fsp3) is 0.556. The molecule has 0 bridgehead atoms. The number of carbonyl (C=O) groups is 2. The lowest BCUT2D eigenvalue weighted by atomic mass is 9.93. The van der Waals surface area contributed by atoms with Gasteiger partial charge in [0, 0.05) is 37.4 Å². The van der Waals surface area contributed by atoms with Gasteiger partial charge < -0.3 is 15.5 Å². The van der Waals surface area contributed by atoms with Crippen LogP contribution in [0.5, 0.6) is 0 Å². The van der Waals surface area contributed by atoms with E-state index in [1.165, 1.54) is 4.90 Å². The van der Waals surface area contributed by atoms with E-state index in [4.69, 9.17) is 5.73 Å². The number of likely N-dealkylation sites (tertiary alicyclic amines) is 2. The molecule has 2 aliphatic rings. The third kappa shape index (κ3) is 3.55. The quantitative estimate of drug-likeness (QED) is 0.829. The zero-order valence-corrected chi connectivity index (χ0v) is 13.5. The summed E-state index contributed by atoms with van der Waals surface area (Å²) in [6, 6.07) is 9.92. The van der Waals surface area contributed by atoms with Crippen LogP contribution in [0.25, 0.3) is 0 Å². The molecule has 2 saturated heterocycles. The molecule has 0 spiro atoms. The lowest BCUT2D eigenvalue weighted by molar-refractivity contribution is -0.927. The molecule has 3 rings (SSSR count). The van der Waals surface area contributed by atoms with Gasteiger partial charge in [-0.15, -0.1) is 0 Å². The largest absolute Gasteiger partial charge is 0.369 e. The fourth-order valence-corrected chi connectivity index (χ4v) is 3.88. The predicted molar refractivity (Wildman–Crippen MR) is 87.6 cm³/mol. The summed E-state index contributed by atoms with van der Waals surface area (Å²) in [4.78, 5) is 27.7. The van der Waals surface area contributed by atoms with Crippen LogP contribution >= 0.6 is 0 Å². The van der Waals surface area contributed by atoms with Gasteiger partial charge in [0.2, 0.25) is 5.91 Å². The van der Waals surface area contributed by atoms with Crippen LogP contribution in [0.3, 0.4) is 0 Å². The van der Waals surface area contributed by atoms with E-state index in [0.717, 1.165) is 57.4 Å². The number of carbonyl (C=O) groups excluding carboxylic acids is 2. The molecule has 1 aromatic rings. The van der Waals surface area contributed by atoms with Crippen molar-refractivity contribution in [1.29, 1.82) is 0 Å². The predicted octanol–water partition coefficient (Wildman–Crippen LogP) is 0.130. The van der Waals surface area contributed by atoms with Crippen LogP contribution in [0.4, 0.5) is 0 Å². The van der Waals surface area contributed by atoms with Crippen LogP contribution in [0.1, 0.15) is 37.3 Å². The van der Waals surface area contributed by atoms with Gasteiger partial charge in [-0.1, -0.05) is 30.3 Å². The number of primary amides is 1. The number of benzene rings is 1. The molecule has 0 radical (unpaired) electrons. The second-order valence-corrected chi connectivity index (χ2v) is 6.71. The molecule has 1 atom stereocenters. The summed E-state index contributed by atoms with van der Waals surface area (Å²) in [6.07, 6.45) is 3.77. The second-order valence-electron chi connectivity index (χ2n) is 6.71. The molecule has 5 nitrogen and oxygen atoms in total. The molecule has 2 amide bonds. The first-order valence-electron chi connectivity index (χ1n) is 8.64. The Kier molecular flexibility index (Phi) is 4.96. The van der Waals surface area contributed by atoms with E-state index >= 15 is 0 Å². The minimum absolute atomic E-state index is 0.0305. The molecule has 0 unspecified atom stereocenters. The molecule has 124 valence electrons. The highest BCUT2D eigenvalue weighted by molar-refractivity contribution is 5.82. The van der Waals surface area contributed by atoms with E-state index < -0.39 is 0 Å². The second kappa shape index (κ2) is 7.13. The molecule has 2 aliphatic heterocycles. The topological polar surface area (TPSA) is 67.8 Å². The minimum atomic E-state index is -0.203. The third-order valence-electron chi connectivity index (χ3n) is 5.24. The van der Waals surface area contributed by atoms with Gasteiger partial charge in [-0.05, 0) is 12.8 Å². The average molecular weight is 316 g/mol. The van der Waals surface area contributed by atoms with Crippen molar-refractivity contribution in [2.24, 2.45) is 11.7 Å². The molecule has 0 saturated carbocycles. The molecule has 1 aromatic carbocycles. The number of nitrogens with zero attached hydrogens (tertiary/aromatic N) is 1. The average Bonchev–Trinajstić information content (AvgIpc) is 3.11. The molecule has 3 N–H and O–H groups in total. The van der Waals surface area contributed by atoms with Crippen molar-refractivity contribution < 1.29 is 14.5 Å². The Morgan fingerprint density at radius 3 is 2.26 bits per heavy atom. The SMILES string of the molecule is NC(=O)C1CC[NH+]([C@H](C(=O)N2CCCC2)c2ccccc2)CC1.